The van der Waals surface area contributed by atoms with Gasteiger partial charge >= 0.3 is 0 Å². The average molecular weight is 278 g/mol. The number of imidazole rings is 1. The monoisotopic (exact) mass is 277 g/mol. The Morgan fingerprint density at radius 2 is 1.83 bits per heavy atom. The van der Waals surface area contributed by atoms with Gasteiger partial charge in [0.25, 0.3) is 0 Å². The Hall–Kier alpha value is -1.58. The van der Waals surface area contributed by atoms with Gasteiger partial charge in [-0.3, -0.25) is 0 Å². The molecule has 0 aliphatic carbocycles. The molecule has 2 heterocycles. The number of hydrogen-bond acceptors (Lipinski definition) is 2. The summed E-state index contributed by atoms with van der Waals surface area (Å²) in [4.78, 5) is 8.34. The highest BCUT2D eigenvalue weighted by Crippen LogP contribution is 2.25. The van der Waals surface area contributed by atoms with Crippen LogP contribution in [-0.2, 0) is 6.54 Å². The number of hydrogen-bond donors (Lipinski definition) is 0. The first kappa shape index (κ1) is 11.5. The second-order valence-electron chi connectivity index (χ2n) is 3.92. The highest BCUT2D eigenvalue weighted by molar-refractivity contribution is 6.34. The fraction of sp³-hybridized carbons (Fsp3) is 0.0769. The number of benzene rings is 1. The maximum Gasteiger partial charge on any atom is 0.204 e. The lowest BCUT2D eigenvalue weighted by molar-refractivity contribution is 0.824. The van der Waals surface area contributed by atoms with Crippen molar-refractivity contribution in [3.63, 3.8) is 0 Å². The van der Waals surface area contributed by atoms with Gasteiger partial charge in [0.15, 0.2) is 5.15 Å². The molecule has 0 spiro atoms. The molecule has 3 nitrogen and oxygen atoms in total. The fourth-order valence-corrected chi connectivity index (χ4v) is 2.41. The summed E-state index contributed by atoms with van der Waals surface area (Å²) in [6.07, 6.45) is 1.63. The molecule has 5 heteroatoms. The highest BCUT2D eigenvalue weighted by Gasteiger charge is 2.12. The van der Waals surface area contributed by atoms with E-state index in [1.165, 1.54) is 0 Å². The van der Waals surface area contributed by atoms with Crippen molar-refractivity contribution in [3.05, 3.63) is 58.6 Å². The SMILES string of the molecule is Clc1nccc2nc(Cl)n(Cc3ccccc3)c12. The number of aromatic nitrogens is 3. The zero-order valence-corrected chi connectivity index (χ0v) is 10.9. The van der Waals surface area contributed by atoms with Crippen molar-refractivity contribution >= 4 is 34.2 Å². The van der Waals surface area contributed by atoms with Gasteiger partial charge in [0.05, 0.1) is 12.1 Å². The molecule has 1 aromatic carbocycles. The zero-order valence-electron chi connectivity index (χ0n) is 9.35. The smallest absolute Gasteiger partial charge is 0.204 e. The standard InChI is InChI=1S/C13H9Cl2N3/c14-12-11-10(6-7-16-12)17-13(15)18(11)8-9-4-2-1-3-5-9/h1-7H,8H2. The molecule has 0 aliphatic rings. The van der Waals surface area contributed by atoms with Crippen LogP contribution in [0.4, 0.5) is 0 Å². The summed E-state index contributed by atoms with van der Waals surface area (Å²) in [6, 6.07) is 11.8. The van der Waals surface area contributed by atoms with Gasteiger partial charge in [0.1, 0.15) is 5.52 Å². The second-order valence-corrected chi connectivity index (χ2v) is 4.62. The van der Waals surface area contributed by atoms with Crippen molar-refractivity contribution in [2.75, 3.05) is 0 Å². The molecular formula is C13H9Cl2N3. The molecule has 0 N–H and O–H groups in total. The van der Waals surface area contributed by atoms with E-state index in [0.717, 1.165) is 16.6 Å². The van der Waals surface area contributed by atoms with E-state index in [4.69, 9.17) is 23.2 Å². The highest BCUT2D eigenvalue weighted by atomic mass is 35.5. The molecule has 0 fully saturated rings. The third-order valence-corrected chi connectivity index (χ3v) is 3.31. The van der Waals surface area contributed by atoms with Gasteiger partial charge in [-0.1, -0.05) is 41.9 Å². The van der Waals surface area contributed by atoms with Crippen molar-refractivity contribution in [1.29, 1.82) is 0 Å². The van der Waals surface area contributed by atoms with E-state index in [1.54, 1.807) is 12.3 Å². The van der Waals surface area contributed by atoms with E-state index in [2.05, 4.69) is 9.97 Å². The Morgan fingerprint density at radius 1 is 1.06 bits per heavy atom. The quantitative estimate of drug-likeness (QED) is 0.668. The van der Waals surface area contributed by atoms with Crippen LogP contribution in [0.3, 0.4) is 0 Å². The summed E-state index contributed by atoms with van der Waals surface area (Å²) in [6.45, 7) is 0.627. The van der Waals surface area contributed by atoms with Crippen LogP contribution in [0.15, 0.2) is 42.6 Å². The van der Waals surface area contributed by atoms with Crippen LogP contribution < -0.4 is 0 Å². The first-order valence-electron chi connectivity index (χ1n) is 5.46. The maximum absolute atomic E-state index is 6.15. The molecule has 0 saturated carbocycles. The van der Waals surface area contributed by atoms with Crippen molar-refractivity contribution in [1.82, 2.24) is 14.5 Å². The fourth-order valence-electron chi connectivity index (χ4n) is 1.92. The summed E-state index contributed by atoms with van der Waals surface area (Å²) in [5.74, 6) is 0. The van der Waals surface area contributed by atoms with Crippen LogP contribution in [0.25, 0.3) is 11.0 Å². The van der Waals surface area contributed by atoms with Gasteiger partial charge in [-0.15, -0.1) is 0 Å². The Kier molecular flexibility index (Phi) is 2.94. The van der Waals surface area contributed by atoms with Crippen LogP contribution in [0.2, 0.25) is 10.4 Å². The first-order chi connectivity index (χ1) is 8.75. The van der Waals surface area contributed by atoms with Crippen LogP contribution in [0.5, 0.6) is 0 Å². The largest absolute Gasteiger partial charge is 0.308 e. The van der Waals surface area contributed by atoms with E-state index in [1.807, 2.05) is 34.9 Å². The summed E-state index contributed by atoms with van der Waals surface area (Å²) in [7, 11) is 0. The van der Waals surface area contributed by atoms with E-state index in [9.17, 15) is 0 Å². The lowest BCUT2D eigenvalue weighted by atomic mass is 10.2. The van der Waals surface area contributed by atoms with Crippen LogP contribution in [-0.4, -0.2) is 14.5 Å². The molecule has 0 atom stereocenters. The summed E-state index contributed by atoms with van der Waals surface area (Å²) in [5.41, 5.74) is 2.67. The normalized spacial score (nSPS) is 11.0. The van der Waals surface area contributed by atoms with Crippen molar-refractivity contribution < 1.29 is 0 Å². The van der Waals surface area contributed by atoms with E-state index in [-0.39, 0.29) is 0 Å². The molecule has 0 radical (unpaired) electrons. The van der Waals surface area contributed by atoms with E-state index < -0.39 is 0 Å². The average Bonchev–Trinajstić information content (AvgIpc) is 2.69. The summed E-state index contributed by atoms with van der Waals surface area (Å²) < 4.78 is 1.86. The number of pyridine rings is 1. The van der Waals surface area contributed by atoms with Crippen molar-refractivity contribution in [3.8, 4) is 0 Å². The van der Waals surface area contributed by atoms with Crippen LogP contribution in [0, 0.1) is 0 Å². The minimum Gasteiger partial charge on any atom is -0.308 e. The van der Waals surface area contributed by atoms with Crippen LogP contribution in [0.1, 0.15) is 5.56 Å². The predicted molar refractivity (Wildman–Crippen MR) is 73.1 cm³/mol. The number of rotatable bonds is 2. The lowest BCUT2D eigenvalue weighted by Crippen LogP contribution is -2.00. The molecule has 3 aromatic rings. The molecule has 0 amide bonds. The van der Waals surface area contributed by atoms with E-state index in [0.29, 0.717) is 17.0 Å². The lowest BCUT2D eigenvalue weighted by Gasteiger charge is -2.06. The zero-order chi connectivity index (χ0) is 12.5. The minimum absolute atomic E-state index is 0.419. The molecule has 2 aromatic heterocycles. The maximum atomic E-state index is 6.15. The summed E-state index contributed by atoms with van der Waals surface area (Å²) in [5, 5.41) is 0.839. The molecule has 18 heavy (non-hydrogen) atoms. The number of nitrogens with zero attached hydrogens (tertiary/aromatic N) is 3. The number of halogens is 2. The third-order valence-electron chi connectivity index (χ3n) is 2.75. The van der Waals surface area contributed by atoms with Crippen molar-refractivity contribution in [2.45, 2.75) is 6.54 Å². The Morgan fingerprint density at radius 3 is 2.61 bits per heavy atom. The molecular weight excluding hydrogens is 269 g/mol. The Bertz CT molecular complexity index is 692. The van der Waals surface area contributed by atoms with Gasteiger partial charge in [0, 0.05) is 6.20 Å². The molecule has 0 aliphatic heterocycles. The minimum atomic E-state index is 0.419. The summed E-state index contributed by atoms with van der Waals surface area (Å²) >= 11 is 12.3. The molecule has 0 saturated heterocycles. The Balaban J connectivity index is 2.14. The van der Waals surface area contributed by atoms with Gasteiger partial charge in [0.2, 0.25) is 5.28 Å². The first-order valence-corrected chi connectivity index (χ1v) is 6.21. The van der Waals surface area contributed by atoms with Gasteiger partial charge < -0.3 is 4.57 Å². The molecule has 90 valence electrons. The third kappa shape index (κ3) is 1.96. The molecule has 0 bridgehead atoms. The van der Waals surface area contributed by atoms with Gasteiger partial charge in [-0.25, -0.2) is 9.97 Å². The molecule has 0 unspecified atom stereocenters. The topological polar surface area (TPSA) is 30.7 Å². The predicted octanol–water partition coefficient (Wildman–Crippen LogP) is 3.79. The van der Waals surface area contributed by atoms with Gasteiger partial charge in [-0.05, 0) is 23.2 Å². The van der Waals surface area contributed by atoms with Gasteiger partial charge in [-0.2, -0.15) is 0 Å². The Labute approximate surface area is 114 Å². The number of fused-ring (bicyclic) bond motifs is 1. The van der Waals surface area contributed by atoms with E-state index >= 15 is 0 Å². The second kappa shape index (κ2) is 4.59. The van der Waals surface area contributed by atoms with Crippen LogP contribution >= 0.6 is 23.2 Å². The van der Waals surface area contributed by atoms with Crippen molar-refractivity contribution in [2.24, 2.45) is 0 Å². The molecule has 3 rings (SSSR count).